The molecule has 1 aromatic carbocycles. The van der Waals surface area contributed by atoms with Crippen molar-refractivity contribution >= 4 is 16.9 Å². The standard InChI is InChI=1S/C20H24O5/c1-6-7-23-14(5)20(22)24-11-15-9-19(21)25-18-8-13(4)16(12(2)3)10-17(15)18/h6,8-10,12,14H,1,7,11H2,2-5H3. The van der Waals surface area contributed by atoms with Crippen molar-refractivity contribution in [3.05, 3.63) is 58.0 Å². The average Bonchev–Trinajstić information content (AvgIpc) is 2.55. The Bertz CT molecular complexity index is 832. The Morgan fingerprint density at radius 2 is 2.00 bits per heavy atom. The maximum absolute atomic E-state index is 12.0. The summed E-state index contributed by atoms with van der Waals surface area (Å²) in [7, 11) is 0. The molecular weight excluding hydrogens is 320 g/mol. The van der Waals surface area contributed by atoms with Gasteiger partial charge in [-0.3, -0.25) is 0 Å². The molecule has 0 aliphatic rings. The quantitative estimate of drug-likeness (QED) is 0.433. The third-order valence-corrected chi connectivity index (χ3v) is 4.00. The SMILES string of the molecule is C=CCOC(C)C(=O)OCc1cc(=O)oc2cc(C)c(C(C)C)cc12. The summed E-state index contributed by atoms with van der Waals surface area (Å²) in [6, 6.07) is 5.22. The molecule has 1 heterocycles. The van der Waals surface area contributed by atoms with Crippen LogP contribution in [0.25, 0.3) is 11.0 Å². The lowest BCUT2D eigenvalue weighted by molar-refractivity contribution is -0.156. The van der Waals surface area contributed by atoms with Gasteiger partial charge in [0.15, 0.2) is 6.10 Å². The van der Waals surface area contributed by atoms with Crippen molar-refractivity contribution in [2.45, 2.75) is 46.3 Å². The predicted octanol–water partition coefficient (Wildman–Crippen LogP) is 3.86. The molecule has 0 fully saturated rings. The first-order chi connectivity index (χ1) is 11.8. The van der Waals surface area contributed by atoms with E-state index in [0.29, 0.717) is 17.1 Å². The molecule has 0 amide bonds. The third kappa shape index (κ3) is 4.57. The molecule has 1 unspecified atom stereocenters. The van der Waals surface area contributed by atoms with Gasteiger partial charge in [0.2, 0.25) is 0 Å². The van der Waals surface area contributed by atoms with Crippen molar-refractivity contribution in [3.8, 4) is 0 Å². The summed E-state index contributed by atoms with van der Waals surface area (Å²) in [6.45, 7) is 11.6. The highest BCUT2D eigenvalue weighted by molar-refractivity contribution is 5.82. The zero-order valence-corrected chi connectivity index (χ0v) is 15.1. The summed E-state index contributed by atoms with van der Waals surface area (Å²) in [5.74, 6) is -0.154. The van der Waals surface area contributed by atoms with Crippen LogP contribution in [0.15, 0.2) is 40.1 Å². The molecule has 0 spiro atoms. The Morgan fingerprint density at radius 3 is 2.64 bits per heavy atom. The van der Waals surface area contributed by atoms with Crippen LogP contribution in [0, 0.1) is 6.92 Å². The van der Waals surface area contributed by atoms with Gasteiger partial charge < -0.3 is 13.9 Å². The molecule has 0 N–H and O–H groups in total. The summed E-state index contributed by atoms with van der Waals surface area (Å²) in [6.07, 6.45) is 0.869. The lowest BCUT2D eigenvalue weighted by Gasteiger charge is -2.14. The summed E-state index contributed by atoms with van der Waals surface area (Å²) >= 11 is 0. The Hall–Kier alpha value is -2.40. The molecule has 0 bridgehead atoms. The van der Waals surface area contributed by atoms with Gasteiger partial charge in [0.25, 0.3) is 0 Å². The third-order valence-electron chi connectivity index (χ3n) is 4.00. The Labute approximate surface area is 147 Å². The van der Waals surface area contributed by atoms with Crippen LogP contribution in [-0.2, 0) is 20.9 Å². The normalized spacial score (nSPS) is 12.4. The molecule has 134 valence electrons. The molecule has 2 rings (SSSR count). The van der Waals surface area contributed by atoms with Crippen molar-refractivity contribution in [2.24, 2.45) is 0 Å². The number of esters is 1. The predicted molar refractivity (Wildman–Crippen MR) is 96.7 cm³/mol. The minimum atomic E-state index is -0.696. The van der Waals surface area contributed by atoms with Crippen LogP contribution in [0.3, 0.4) is 0 Å². The first kappa shape index (κ1) is 18.9. The van der Waals surface area contributed by atoms with Crippen LogP contribution in [0.5, 0.6) is 0 Å². The Morgan fingerprint density at radius 1 is 1.28 bits per heavy atom. The lowest BCUT2D eigenvalue weighted by atomic mass is 9.95. The summed E-state index contributed by atoms with van der Waals surface area (Å²) in [5, 5.41) is 0.779. The van der Waals surface area contributed by atoms with Gasteiger partial charge in [-0.25, -0.2) is 9.59 Å². The number of aryl methyl sites for hydroxylation is 1. The fourth-order valence-corrected chi connectivity index (χ4v) is 2.68. The molecule has 1 atom stereocenters. The summed E-state index contributed by atoms with van der Waals surface area (Å²) < 4.78 is 15.8. The molecular formula is C20H24O5. The van der Waals surface area contributed by atoms with Gasteiger partial charge in [0, 0.05) is 17.0 Å². The average molecular weight is 344 g/mol. The number of hydrogen-bond acceptors (Lipinski definition) is 5. The molecule has 0 aliphatic carbocycles. The molecule has 0 radical (unpaired) electrons. The van der Waals surface area contributed by atoms with Gasteiger partial charge >= 0.3 is 11.6 Å². The van der Waals surface area contributed by atoms with Crippen molar-refractivity contribution in [3.63, 3.8) is 0 Å². The maximum Gasteiger partial charge on any atom is 0.336 e. The van der Waals surface area contributed by atoms with Gasteiger partial charge in [0.1, 0.15) is 12.2 Å². The van der Waals surface area contributed by atoms with Gasteiger partial charge in [0.05, 0.1) is 6.61 Å². The zero-order chi connectivity index (χ0) is 18.6. The summed E-state index contributed by atoms with van der Waals surface area (Å²) in [5.41, 5.74) is 2.88. The molecule has 0 saturated heterocycles. The van der Waals surface area contributed by atoms with E-state index in [4.69, 9.17) is 13.9 Å². The second-order valence-electron chi connectivity index (χ2n) is 6.32. The Balaban J connectivity index is 2.30. The van der Waals surface area contributed by atoms with E-state index in [1.807, 2.05) is 19.1 Å². The number of ether oxygens (including phenoxy) is 2. The lowest BCUT2D eigenvalue weighted by Crippen LogP contribution is -2.23. The van der Waals surface area contributed by atoms with Crippen molar-refractivity contribution in [1.82, 2.24) is 0 Å². The van der Waals surface area contributed by atoms with E-state index < -0.39 is 17.7 Å². The van der Waals surface area contributed by atoms with E-state index >= 15 is 0 Å². The minimum absolute atomic E-state index is 0.0106. The monoisotopic (exact) mass is 344 g/mol. The summed E-state index contributed by atoms with van der Waals surface area (Å²) in [4.78, 5) is 23.8. The van der Waals surface area contributed by atoms with Crippen LogP contribution in [0.4, 0.5) is 0 Å². The van der Waals surface area contributed by atoms with E-state index in [1.54, 1.807) is 13.0 Å². The minimum Gasteiger partial charge on any atom is -0.459 e. The number of hydrogen-bond donors (Lipinski definition) is 0. The smallest absolute Gasteiger partial charge is 0.336 e. The van der Waals surface area contributed by atoms with Crippen molar-refractivity contribution < 1.29 is 18.7 Å². The molecule has 0 saturated carbocycles. The van der Waals surface area contributed by atoms with E-state index in [1.165, 1.54) is 6.07 Å². The molecule has 2 aromatic rings. The number of carbonyl (C=O) groups is 1. The highest BCUT2D eigenvalue weighted by atomic mass is 16.6. The van der Waals surface area contributed by atoms with Crippen molar-refractivity contribution in [1.29, 1.82) is 0 Å². The van der Waals surface area contributed by atoms with Gasteiger partial charge in [-0.2, -0.15) is 0 Å². The van der Waals surface area contributed by atoms with Gasteiger partial charge in [-0.05, 0) is 43.0 Å². The molecule has 25 heavy (non-hydrogen) atoms. The first-order valence-electron chi connectivity index (χ1n) is 8.30. The molecule has 1 aromatic heterocycles. The number of rotatable bonds is 7. The topological polar surface area (TPSA) is 65.7 Å². The van der Waals surface area contributed by atoms with Gasteiger partial charge in [-0.1, -0.05) is 19.9 Å². The van der Waals surface area contributed by atoms with E-state index in [0.717, 1.165) is 16.5 Å². The fraction of sp³-hybridized carbons (Fsp3) is 0.400. The van der Waals surface area contributed by atoms with Crippen LogP contribution < -0.4 is 5.63 Å². The molecule has 5 heteroatoms. The maximum atomic E-state index is 12.0. The second kappa shape index (κ2) is 8.12. The van der Waals surface area contributed by atoms with Crippen LogP contribution in [0.1, 0.15) is 43.4 Å². The zero-order valence-electron chi connectivity index (χ0n) is 15.1. The second-order valence-corrected chi connectivity index (χ2v) is 6.32. The Kier molecular flexibility index (Phi) is 6.15. The molecule has 5 nitrogen and oxygen atoms in total. The largest absolute Gasteiger partial charge is 0.459 e. The highest BCUT2D eigenvalue weighted by Gasteiger charge is 2.16. The number of benzene rings is 1. The van der Waals surface area contributed by atoms with E-state index in [9.17, 15) is 9.59 Å². The van der Waals surface area contributed by atoms with Crippen LogP contribution >= 0.6 is 0 Å². The van der Waals surface area contributed by atoms with Crippen molar-refractivity contribution in [2.75, 3.05) is 6.61 Å². The highest BCUT2D eigenvalue weighted by Crippen LogP contribution is 2.27. The van der Waals surface area contributed by atoms with Crippen LogP contribution in [0.2, 0.25) is 0 Å². The first-order valence-corrected chi connectivity index (χ1v) is 8.30. The fourth-order valence-electron chi connectivity index (χ4n) is 2.68. The van der Waals surface area contributed by atoms with E-state index in [-0.39, 0.29) is 13.2 Å². The number of carbonyl (C=O) groups excluding carboxylic acids is 1. The van der Waals surface area contributed by atoms with Crippen LogP contribution in [-0.4, -0.2) is 18.7 Å². The van der Waals surface area contributed by atoms with Gasteiger partial charge in [-0.15, -0.1) is 6.58 Å². The van der Waals surface area contributed by atoms with E-state index in [2.05, 4.69) is 20.4 Å². The molecule has 0 aliphatic heterocycles. The number of fused-ring (bicyclic) bond motifs is 1.